The minimum Gasteiger partial charge on any atom is -0.342 e. The first-order valence-corrected chi connectivity index (χ1v) is 10.0. The van der Waals surface area contributed by atoms with Crippen LogP contribution in [0.25, 0.3) is 0 Å². The zero-order valence-corrected chi connectivity index (χ0v) is 17.0. The number of nitrogens with one attached hydrogen (secondary N) is 1. The number of hydrogen-bond donors (Lipinski definition) is 1. The molecular formula is C23H28FN3O2. The van der Waals surface area contributed by atoms with Crippen LogP contribution in [0, 0.1) is 11.7 Å². The monoisotopic (exact) mass is 397 g/mol. The van der Waals surface area contributed by atoms with Gasteiger partial charge in [-0.1, -0.05) is 36.4 Å². The predicted molar refractivity (Wildman–Crippen MR) is 112 cm³/mol. The van der Waals surface area contributed by atoms with Gasteiger partial charge in [-0.25, -0.2) is 4.39 Å². The van der Waals surface area contributed by atoms with Crippen molar-refractivity contribution in [3.63, 3.8) is 0 Å². The van der Waals surface area contributed by atoms with Crippen LogP contribution < -0.4 is 5.32 Å². The normalized spacial score (nSPS) is 15.9. The van der Waals surface area contributed by atoms with Crippen molar-refractivity contribution in [3.8, 4) is 0 Å². The molecule has 1 fully saturated rings. The molecule has 1 unspecified atom stereocenters. The van der Waals surface area contributed by atoms with Gasteiger partial charge in [-0.05, 0) is 45.0 Å². The van der Waals surface area contributed by atoms with Crippen LogP contribution in [0.4, 0.5) is 10.1 Å². The molecule has 0 saturated carbocycles. The summed E-state index contributed by atoms with van der Waals surface area (Å²) >= 11 is 0. The smallest absolute Gasteiger partial charge is 0.236 e. The van der Waals surface area contributed by atoms with E-state index >= 15 is 0 Å². The Kier molecular flexibility index (Phi) is 6.99. The number of carbonyl (C=O) groups excluding carboxylic acids is 2. The number of para-hydroxylation sites is 1. The van der Waals surface area contributed by atoms with E-state index in [0.29, 0.717) is 31.5 Å². The molecule has 0 spiro atoms. The van der Waals surface area contributed by atoms with Gasteiger partial charge >= 0.3 is 0 Å². The summed E-state index contributed by atoms with van der Waals surface area (Å²) in [4.78, 5) is 28.8. The van der Waals surface area contributed by atoms with Crippen LogP contribution in [0.15, 0.2) is 54.6 Å². The number of hydrogen-bond acceptors (Lipinski definition) is 3. The molecule has 2 aromatic rings. The van der Waals surface area contributed by atoms with Crippen LogP contribution in [-0.4, -0.2) is 48.3 Å². The number of likely N-dealkylation sites (tertiary alicyclic amines) is 1. The summed E-state index contributed by atoms with van der Waals surface area (Å²) in [5, 5.41) is 2.94. The molecule has 0 bridgehead atoms. The summed E-state index contributed by atoms with van der Waals surface area (Å²) in [7, 11) is 1.83. The molecule has 1 aliphatic heterocycles. The Balaban J connectivity index is 1.48. The first-order chi connectivity index (χ1) is 14.0. The molecule has 29 heavy (non-hydrogen) atoms. The second-order valence-corrected chi connectivity index (χ2v) is 7.62. The lowest BCUT2D eigenvalue weighted by atomic mass is 9.95. The van der Waals surface area contributed by atoms with E-state index in [1.54, 1.807) is 23.1 Å². The van der Waals surface area contributed by atoms with Crippen molar-refractivity contribution >= 4 is 17.5 Å². The van der Waals surface area contributed by atoms with Gasteiger partial charge < -0.3 is 10.2 Å². The summed E-state index contributed by atoms with van der Waals surface area (Å²) < 4.78 is 14.0. The number of likely N-dealkylation sites (N-methyl/N-ethyl adjacent to an activating group) is 1. The third-order valence-electron chi connectivity index (χ3n) is 5.66. The molecule has 2 amide bonds. The van der Waals surface area contributed by atoms with Crippen LogP contribution in [0.2, 0.25) is 0 Å². The third-order valence-corrected chi connectivity index (χ3v) is 5.66. The van der Waals surface area contributed by atoms with Gasteiger partial charge in [0.05, 0.1) is 6.54 Å². The highest BCUT2D eigenvalue weighted by atomic mass is 19.1. The number of anilines is 1. The molecule has 1 atom stereocenters. The number of nitrogens with zero attached hydrogens (tertiary/aromatic N) is 2. The molecule has 0 aromatic heterocycles. The summed E-state index contributed by atoms with van der Waals surface area (Å²) in [6.07, 6.45) is 1.30. The van der Waals surface area contributed by atoms with Gasteiger partial charge in [-0.3, -0.25) is 14.5 Å². The second-order valence-electron chi connectivity index (χ2n) is 7.62. The molecule has 3 rings (SSSR count). The molecule has 154 valence electrons. The highest BCUT2D eigenvalue weighted by Gasteiger charge is 2.28. The quantitative estimate of drug-likeness (QED) is 0.809. The number of piperidine rings is 1. The highest BCUT2D eigenvalue weighted by Crippen LogP contribution is 2.23. The largest absolute Gasteiger partial charge is 0.342 e. The summed E-state index contributed by atoms with van der Waals surface area (Å²) in [5.41, 5.74) is 1.37. The minimum absolute atomic E-state index is 0.00796. The molecule has 2 aromatic carbocycles. The molecule has 5 nitrogen and oxygen atoms in total. The van der Waals surface area contributed by atoms with Gasteiger partial charge in [-0.2, -0.15) is 0 Å². The molecule has 1 saturated heterocycles. The average Bonchev–Trinajstić information content (AvgIpc) is 2.74. The summed E-state index contributed by atoms with van der Waals surface area (Å²) in [6, 6.07) is 15.9. The first-order valence-electron chi connectivity index (χ1n) is 10.0. The SMILES string of the molecule is CC(c1ccccc1F)N(C)CC(=O)N1CCC(C(=O)Nc2ccccc2)CC1. The first kappa shape index (κ1) is 21.0. The van der Waals surface area contributed by atoms with Crippen molar-refractivity contribution < 1.29 is 14.0 Å². The highest BCUT2D eigenvalue weighted by molar-refractivity contribution is 5.92. The van der Waals surface area contributed by atoms with Crippen molar-refractivity contribution in [3.05, 3.63) is 66.0 Å². The lowest BCUT2D eigenvalue weighted by molar-refractivity contribution is -0.135. The molecule has 6 heteroatoms. The molecule has 1 heterocycles. The van der Waals surface area contributed by atoms with Crippen molar-refractivity contribution in [1.29, 1.82) is 0 Å². The maximum absolute atomic E-state index is 14.0. The predicted octanol–water partition coefficient (Wildman–Crippen LogP) is 3.70. The van der Waals surface area contributed by atoms with E-state index in [0.717, 1.165) is 5.69 Å². The van der Waals surface area contributed by atoms with Crippen molar-refractivity contribution in [2.45, 2.75) is 25.8 Å². The van der Waals surface area contributed by atoms with E-state index in [1.165, 1.54) is 6.07 Å². The average molecular weight is 397 g/mol. The van der Waals surface area contributed by atoms with E-state index in [2.05, 4.69) is 5.32 Å². The fourth-order valence-corrected chi connectivity index (χ4v) is 3.66. The van der Waals surface area contributed by atoms with E-state index in [9.17, 15) is 14.0 Å². The maximum Gasteiger partial charge on any atom is 0.236 e. The number of amides is 2. The molecule has 0 radical (unpaired) electrons. The van der Waals surface area contributed by atoms with Gasteiger partial charge in [0.15, 0.2) is 0 Å². The number of carbonyl (C=O) groups is 2. The lowest BCUT2D eigenvalue weighted by Crippen LogP contribution is -2.45. The maximum atomic E-state index is 14.0. The molecular weight excluding hydrogens is 369 g/mol. The number of rotatable bonds is 6. The Morgan fingerprint density at radius 3 is 2.38 bits per heavy atom. The van der Waals surface area contributed by atoms with Gasteiger partial charge in [0.1, 0.15) is 5.82 Å². The lowest BCUT2D eigenvalue weighted by Gasteiger charge is -2.33. The minimum atomic E-state index is -0.260. The zero-order chi connectivity index (χ0) is 20.8. The number of halogens is 1. The Bertz CT molecular complexity index is 835. The van der Waals surface area contributed by atoms with E-state index < -0.39 is 0 Å². The topological polar surface area (TPSA) is 52.7 Å². The number of benzene rings is 2. The fourth-order valence-electron chi connectivity index (χ4n) is 3.66. The van der Waals surface area contributed by atoms with E-state index in [1.807, 2.05) is 49.2 Å². The Morgan fingerprint density at radius 2 is 1.72 bits per heavy atom. The van der Waals surface area contributed by atoms with E-state index in [-0.39, 0.29) is 36.1 Å². The van der Waals surface area contributed by atoms with Crippen molar-refractivity contribution in [1.82, 2.24) is 9.80 Å². The second kappa shape index (κ2) is 9.65. The van der Waals surface area contributed by atoms with Gasteiger partial charge in [0.25, 0.3) is 0 Å². The van der Waals surface area contributed by atoms with Crippen LogP contribution in [0.3, 0.4) is 0 Å². The van der Waals surface area contributed by atoms with E-state index in [4.69, 9.17) is 0 Å². The van der Waals surface area contributed by atoms with Crippen LogP contribution in [-0.2, 0) is 9.59 Å². The van der Waals surface area contributed by atoms with Crippen LogP contribution in [0.5, 0.6) is 0 Å². The fraction of sp³-hybridized carbons (Fsp3) is 0.391. The molecule has 0 aliphatic carbocycles. The Labute approximate surface area is 171 Å². The summed E-state index contributed by atoms with van der Waals surface area (Å²) in [5.74, 6) is -0.329. The third kappa shape index (κ3) is 5.41. The van der Waals surface area contributed by atoms with Crippen LogP contribution >= 0.6 is 0 Å². The molecule has 1 N–H and O–H groups in total. The van der Waals surface area contributed by atoms with Gasteiger partial charge in [-0.15, -0.1) is 0 Å². The standard InChI is InChI=1S/C23H28FN3O2/c1-17(20-10-6-7-11-21(20)24)26(2)16-22(28)27-14-12-18(13-15-27)23(29)25-19-8-4-3-5-9-19/h3-11,17-18H,12-16H2,1-2H3,(H,25,29). The van der Waals surface area contributed by atoms with Crippen molar-refractivity contribution in [2.24, 2.45) is 5.92 Å². The Morgan fingerprint density at radius 1 is 1.10 bits per heavy atom. The van der Waals surface area contributed by atoms with Crippen molar-refractivity contribution in [2.75, 3.05) is 32.0 Å². The zero-order valence-electron chi connectivity index (χ0n) is 17.0. The van der Waals surface area contributed by atoms with Crippen LogP contribution in [0.1, 0.15) is 31.4 Å². The molecule has 1 aliphatic rings. The van der Waals surface area contributed by atoms with Gasteiger partial charge in [0, 0.05) is 36.3 Å². The Hall–Kier alpha value is -2.73. The summed E-state index contributed by atoms with van der Waals surface area (Å²) in [6.45, 7) is 3.24. The van der Waals surface area contributed by atoms with Gasteiger partial charge in [0.2, 0.25) is 11.8 Å².